The van der Waals surface area contributed by atoms with Crippen LogP contribution in [-0.4, -0.2) is 36.1 Å². The highest BCUT2D eigenvalue weighted by molar-refractivity contribution is 5.96. The summed E-state index contributed by atoms with van der Waals surface area (Å²) in [7, 11) is 0. The van der Waals surface area contributed by atoms with Crippen molar-refractivity contribution in [1.82, 2.24) is 4.90 Å². The number of nitrogen functional groups attached to an aromatic ring is 1. The van der Waals surface area contributed by atoms with Gasteiger partial charge in [0.15, 0.2) is 0 Å². The molecule has 1 amide bonds. The number of anilines is 1. The number of hydrogen-bond acceptors (Lipinski definition) is 3. The number of nitrogens with two attached hydrogens (primary N) is 1. The van der Waals surface area contributed by atoms with Crippen molar-refractivity contribution in [1.29, 1.82) is 0 Å². The third-order valence-corrected chi connectivity index (χ3v) is 3.19. The predicted octanol–water partition coefficient (Wildman–Crippen LogP) is 1.83. The summed E-state index contributed by atoms with van der Waals surface area (Å²) < 4.78 is 5.64. The van der Waals surface area contributed by atoms with Crippen LogP contribution in [0.5, 0.6) is 0 Å². The summed E-state index contributed by atoms with van der Waals surface area (Å²) in [5.41, 5.74) is 8.04. The fraction of sp³-hybridized carbons (Fsp3) is 0.500. The van der Waals surface area contributed by atoms with Crippen LogP contribution in [0.1, 0.15) is 29.8 Å². The van der Waals surface area contributed by atoms with Crippen LogP contribution in [0.3, 0.4) is 0 Å². The van der Waals surface area contributed by atoms with Gasteiger partial charge in [-0.15, -0.1) is 0 Å². The van der Waals surface area contributed by atoms with Gasteiger partial charge in [-0.3, -0.25) is 4.79 Å². The molecule has 1 aromatic rings. The van der Waals surface area contributed by atoms with Crippen LogP contribution in [0.15, 0.2) is 18.2 Å². The largest absolute Gasteiger partial charge is 0.399 e. The van der Waals surface area contributed by atoms with Crippen molar-refractivity contribution in [2.24, 2.45) is 0 Å². The fourth-order valence-electron chi connectivity index (χ4n) is 2.44. The summed E-state index contributed by atoms with van der Waals surface area (Å²) in [5, 5.41) is 0. The molecule has 0 aliphatic carbocycles. The normalized spacial score (nSPS) is 24.1. The fourth-order valence-corrected chi connectivity index (χ4v) is 2.44. The number of amides is 1. The predicted molar refractivity (Wildman–Crippen MR) is 71.5 cm³/mol. The van der Waals surface area contributed by atoms with Gasteiger partial charge in [0.2, 0.25) is 0 Å². The van der Waals surface area contributed by atoms with Gasteiger partial charge in [0.25, 0.3) is 5.91 Å². The summed E-state index contributed by atoms with van der Waals surface area (Å²) in [4.78, 5) is 14.3. The molecule has 1 aliphatic heterocycles. The molecule has 2 unspecified atom stereocenters. The monoisotopic (exact) mass is 248 g/mol. The van der Waals surface area contributed by atoms with Crippen molar-refractivity contribution in [2.45, 2.75) is 33.0 Å². The molecule has 0 aromatic heterocycles. The van der Waals surface area contributed by atoms with Gasteiger partial charge in [-0.25, -0.2) is 0 Å². The van der Waals surface area contributed by atoms with Gasteiger partial charge in [0.1, 0.15) is 0 Å². The third-order valence-electron chi connectivity index (χ3n) is 3.19. The highest BCUT2D eigenvalue weighted by Crippen LogP contribution is 2.18. The van der Waals surface area contributed by atoms with Crippen molar-refractivity contribution in [3.63, 3.8) is 0 Å². The van der Waals surface area contributed by atoms with Crippen molar-refractivity contribution < 1.29 is 9.53 Å². The molecular formula is C14H20N2O2. The second-order valence-corrected chi connectivity index (χ2v) is 5.04. The van der Waals surface area contributed by atoms with E-state index in [-0.39, 0.29) is 18.1 Å². The summed E-state index contributed by atoms with van der Waals surface area (Å²) in [6.45, 7) is 7.19. The smallest absolute Gasteiger partial charge is 0.254 e. The molecule has 1 heterocycles. The Morgan fingerprint density at radius 3 is 2.50 bits per heavy atom. The number of carbonyl (C=O) groups excluding carboxylic acids is 1. The lowest BCUT2D eigenvalue weighted by Gasteiger charge is -2.35. The van der Waals surface area contributed by atoms with Crippen LogP contribution in [-0.2, 0) is 4.74 Å². The van der Waals surface area contributed by atoms with Crippen LogP contribution in [0.2, 0.25) is 0 Å². The Morgan fingerprint density at radius 1 is 1.33 bits per heavy atom. The molecule has 1 saturated heterocycles. The van der Waals surface area contributed by atoms with Crippen LogP contribution >= 0.6 is 0 Å². The van der Waals surface area contributed by atoms with E-state index in [1.54, 1.807) is 12.1 Å². The van der Waals surface area contributed by atoms with Crippen LogP contribution in [0.4, 0.5) is 5.69 Å². The number of nitrogens with zero attached hydrogens (tertiary/aromatic N) is 1. The van der Waals surface area contributed by atoms with E-state index in [0.29, 0.717) is 18.8 Å². The first-order chi connectivity index (χ1) is 8.47. The Kier molecular flexibility index (Phi) is 3.57. The summed E-state index contributed by atoms with van der Waals surface area (Å²) >= 11 is 0. The number of aryl methyl sites for hydroxylation is 1. The molecule has 1 aromatic carbocycles. The number of morpholine rings is 1. The Hall–Kier alpha value is -1.55. The van der Waals surface area contributed by atoms with Crippen molar-refractivity contribution in [3.05, 3.63) is 29.3 Å². The first-order valence-corrected chi connectivity index (χ1v) is 6.28. The third kappa shape index (κ3) is 2.64. The van der Waals surface area contributed by atoms with E-state index in [9.17, 15) is 4.79 Å². The molecule has 2 rings (SSSR count). The van der Waals surface area contributed by atoms with Crippen molar-refractivity contribution >= 4 is 11.6 Å². The lowest BCUT2D eigenvalue weighted by atomic mass is 10.1. The van der Waals surface area contributed by atoms with Crippen molar-refractivity contribution in [2.75, 3.05) is 18.8 Å². The maximum absolute atomic E-state index is 12.5. The Morgan fingerprint density at radius 2 is 1.94 bits per heavy atom. The Bertz CT molecular complexity index is 449. The molecular weight excluding hydrogens is 228 g/mol. The van der Waals surface area contributed by atoms with Gasteiger partial charge in [-0.05, 0) is 44.5 Å². The second-order valence-electron chi connectivity index (χ2n) is 5.04. The number of rotatable bonds is 1. The first-order valence-electron chi connectivity index (χ1n) is 6.28. The molecule has 0 spiro atoms. The molecule has 2 atom stereocenters. The van der Waals surface area contributed by atoms with E-state index >= 15 is 0 Å². The molecule has 18 heavy (non-hydrogen) atoms. The lowest BCUT2D eigenvalue weighted by Crippen LogP contribution is -2.48. The summed E-state index contributed by atoms with van der Waals surface area (Å²) in [5.74, 6) is 0.0644. The van der Waals surface area contributed by atoms with Crippen molar-refractivity contribution in [3.8, 4) is 0 Å². The number of carbonyl (C=O) groups is 1. The molecule has 2 N–H and O–H groups in total. The highest BCUT2D eigenvalue weighted by Gasteiger charge is 2.27. The molecule has 1 aliphatic rings. The maximum Gasteiger partial charge on any atom is 0.254 e. The van der Waals surface area contributed by atoms with Gasteiger partial charge in [0, 0.05) is 24.3 Å². The minimum atomic E-state index is 0.0644. The molecule has 0 radical (unpaired) electrons. The lowest BCUT2D eigenvalue weighted by molar-refractivity contribution is -0.0586. The SMILES string of the molecule is Cc1cc(N)ccc1C(=O)N1CC(C)OC(C)C1. The second kappa shape index (κ2) is 4.98. The summed E-state index contributed by atoms with van der Waals surface area (Å²) in [6, 6.07) is 5.41. The van der Waals surface area contributed by atoms with E-state index in [4.69, 9.17) is 10.5 Å². The zero-order valence-electron chi connectivity index (χ0n) is 11.1. The van der Waals surface area contributed by atoms with Crippen LogP contribution < -0.4 is 5.73 Å². The van der Waals surface area contributed by atoms with E-state index in [1.807, 2.05) is 31.7 Å². The Labute approximate surface area is 108 Å². The van der Waals surface area contributed by atoms with Gasteiger partial charge in [0.05, 0.1) is 12.2 Å². The van der Waals surface area contributed by atoms with Gasteiger partial charge >= 0.3 is 0 Å². The van der Waals surface area contributed by atoms with Gasteiger partial charge in [-0.2, -0.15) is 0 Å². The van der Waals surface area contributed by atoms with Gasteiger partial charge < -0.3 is 15.4 Å². The topological polar surface area (TPSA) is 55.6 Å². The summed E-state index contributed by atoms with van der Waals surface area (Å²) in [6.07, 6.45) is 0.179. The minimum absolute atomic E-state index is 0.0644. The standard InChI is InChI=1S/C14H20N2O2/c1-9-6-12(15)4-5-13(9)14(17)16-7-10(2)18-11(3)8-16/h4-6,10-11H,7-8,15H2,1-3H3. The number of benzene rings is 1. The first kappa shape index (κ1) is 12.9. The zero-order chi connectivity index (χ0) is 13.3. The minimum Gasteiger partial charge on any atom is -0.399 e. The Balaban J connectivity index is 2.20. The molecule has 0 bridgehead atoms. The highest BCUT2D eigenvalue weighted by atomic mass is 16.5. The molecule has 4 nitrogen and oxygen atoms in total. The average Bonchev–Trinajstić information content (AvgIpc) is 2.26. The number of ether oxygens (including phenoxy) is 1. The van der Waals surface area contributed by atoms with E-state index in [2.05, 4.69) is 0 Å². The van der Waals surface area contributed by atoms with E-state index in [1.165, 1.54) is 0 Å². The maximum atomic E-state index is 12.5. The van der Waals surface area contributed by atoms with E-state index in [0.717, 1.165) is 11.1 Å². The molecule has 4 heteroatoms. The van der Waals surface area contributed by atoms with Gasteiger partial charge in [-0.1, -0.05) is 0 Å². The molecule has 0 saturated carbocycles. The van der Waals surface area contributed by atoms with Crippen LogP contribution in [0, 0.1) is 6.92 Å². The van der Waals surface area contributed by atoms with E-state index < -0.39 is 0 Å². The average molecular weight is 248 g/mol. The molecule has 1 fully saturated rings. The van der Waals surface area contributed by atoms with Crippen LogP contribution in [0.25, 0.3) is 0 Å². The quantitative estimate of drug-likeness (QED) is 0.771. The zero-order valence-corrected chi connectivity index (χ0v) is 11.1. The number of hydrogen-bond donors (Lipinski definition) is 1. The molecule has 98 valence electrons.